The molecule has 0 aliphatic heterocycles. The second-order valence-corrected chi connectivity index (χ2v) is 20.6. The Labute approximate surface area is 282 Å². The van der Waals surface area contributed by atoms with Crippen molar-refractivity contribution in [3.63, 3.8) is 0 Å². The Morgan fingerprint density at radius 3 is 2.44 bits per heavy atom. The fourth-order valence-corrected chi connectivity index (χ4v) is 6.10. The molecule has 0 spiro atoms. The van der Waals surface area contributed by atoms with Gasteiger partial charge >= 0.3 is 6.09 Å². The molecule has 45 heavy (non-hydrogen) atoms. The minimum atomic E-state index is -1.16. The van der Waals surface area contributed by atoms with Crippen LogP contribution in [0, 0.1) is 9.49 Å². The Morgan fingerprint density at radius 1 is 1.09 bits per heavy atom. The molecular weight excluding hydrogens is 701 g/mol. The van der Waals surface area contributed by atoms with Crippen LogP contribution in [-0.2, 0) is 27.4 Å². The van der Waals surface area contributed by atoms with Crippen LogP contribution in [0.2, 0.25) is 25.7 Å². The van der Waals surface area contributed by atoms with Gasteiger partial charge in [0.25, 0.3) is 0 Å². The quantitative estimate of drug-likeness (QED) is 0.0979. The van der Waals surface area contributed by atoms with Crippen LogP contribution < -0.4 is 15.4 Å². The van der Waals surface area contributed by atoms with Gasteiger partial charge in [0.15, 0.2) is 0 Å². The van der Waals surface area contributed by atoms with Crippen molar-refractivity contribution in [2.75, 3.05) is 40.3 Å². The van der Waals surface area contributed by atoms with E-state index in [4.69, 9.17) is 14.2 Å². The predicted molar refractivity (Wildman–Crippen MR) is 191 cm³/mol. The van der Waals surface area contributed by atoms with E-state index in [1.54, 1.807) is 6.20 Å². The fourth-order valence-electron chi connectivity index (χ4n) is 4.50. The molecule has 3 rings (SSSR count). The minimum Gasteiger partial charge on any atom is -0.457 e. The number of benzene rings is 1. The van der Waals surface area contributed by atoms with Gasteiger partial charge in [0.2, 0.25) is 5.91 Å². The third-order valence-electron chi connectivity index (χ3n) is 6.88. The van der Waals surface area contributed by atoms with Gasteiger partial charge in [0.1, 0.15) is 29.5 Å². The predicted octanol–water partition coefficient (Wildman–Crippen LogP) is 6.50. The van der Waals surface area contributed by atoms with Gasteiger partial charge in [-0.15, -0.1) is 0 Å². The molecule has 0 aliphatic carbocycles. The second-order valence-electron chi connectivity index (χ2n) is 13.8. The van der Waals surface area contributed by atoms with Crippen molar-refractivity contribution < 1.29 is 23.8 Å². The highest BCUT2D eigenvalue weighted by molar-refractivity contribution is 14.1. The molecule has 0 radical (unpaired) electrons. The lowest BCUT2D eigenvalue weighted by Crippen LogP contribution is -2.42. The van der Waals surface area contributed by atoms with Crippen LogP contribution in [0.5, 0.6) is 11.5 Å². The first kappa shape index (κ1) is 36.8. The lowest BCUT2D eigenvalue weighted by molar-refractivity contribution is -0.124. The van der Waals surface area contributed by atoms with Gasteiger partial charge in [-0.1, -0.05) is 31.8 Å². The van der Waals surface area contributed by atoms with Crippen molar-refractivity contribution in [3.05, 3.63) is 51.9 Å². The first-order chi connectivity index (χ1) is 21.1. The Morgan fingerprint density at radius 2 is 1.80 bits per heavy atom. The molecule has 0 fully saturated rings. The summed E-state index contributed by atoms with van der Waals surface area (Å²) in [6.45, 7) is 15.3. The van der Waals surface area contributed by atoms with Crippen molar-refractivity contribution in [1.82, 2.24) is 25.1 Å². The van der Waals surface area contributed by atoms with Gasteiger partial charge in [-0.3, -0.25) is 4.79 Å². The first-order valence-electron chi connectivity index (χ1n) is 15.5. The molecule has 2 N–H and O–H groups in total. The lowest BCUT2D eigenvalue weighted by atomic mass is 9.98. The van der Waals surface area contributed by atoms with Crippen LogP contribution in [-0.4, -0.2) is 80.5 Å². The Bertz CT molecular complexity index is 1400. The number of ether oxygens (including phenoxy) is 3. The number of halogens is 1. The molecule has 0 aliphatic rings. The molecule has 0 bridgehead atoms. The van der Waals surface area contributed by atoms with E-state index in [-0.39, 0.29) is 12.5 Å². The lowest BCUT2D eigenvalue weighted by Gasteiger charge is -2.22. The summed E-state index contributed by atoms with van der Waals surface area (Å²) in [5.74, 6) is 0.831. The van der Waals surface area contributed by atoms with Crippen molar-refractivity contribution in [2.24, 2.45) is 5.92 Å². The summed E-state index contributed by atoms with van der Waals surface area (Å²) in [5, 5.41) is 6.73. The SMILES string of the molecule is CN(C)CCCNC(=O)C(CNC(=O)OC(C)(C)C)Cc1ccc(Oc2ccnc3c2c(I)cn3COCC[Si](C)(C)C)cc1. The number of alkyl carbamates (subject to hydrolysis) is 1. The molecular formula is C33H50IN5O5Si. The number of nitrogens with zero attached hydrogens (tertiary/aromatic N) is 3. The Hall–Kier alpha value is -2.68. The van der Waals surface area contributed by atoms with Crippen LogP contribution >= 0.6 is 22.6 Å². The Balaban J connectivity index is 1.68. The summed E-state index contributed by atoms with van der Waals surface area (Å²) in [5.41, 5.74) is 1.16. The second kappa shape index (κ2) is 16.8. The van der Waals surface area contributed by atoms with Gasteiger partial charge in [0.05, 0.1) is 11.3 Å². The average molecular weight is 752 g/mol. The number of aromatic nitrogens is 2. The van der Waals surface area contributed by atoms with Crippen LogP contribution in [0.3, 0.4) is 0 Å². The van der Waals surface area contributed by atoms with E-state index < -0.39 is 25.7 Å². The third-order valence-corrected chi connectivity index (χ3v) is 9.40. The van der Waals surface area contributed by atoms with E-state index in [2.05, 4.69) is 62.7 Å². The summed E-state index contributed by atoms with van der Waals surface area (Å²) in [4.78, 5) is 32.1. The number of pyridine rings is 1. The average Bonchev–Trinajstić information content (AvgIpc) is 3.26. The maximum absolute atomic E-state index is 13.1. The molecule has 12 heteroatoms. The first-order valence-corrected chi connectivity index (χ1v) is 20.3. The van der Waals surface area contributed by atoms with E-state index in [0.29, 0.717) is 25.4 Å². The van der Waals surface area contributed by atoms with Gasteiger partial charge in [0, 0.05) is 43.7 Å². The zero-order chi connectivity index (χ0) is 33.2. The van der Waals surface area contributed by atoms with Gasteiger partial charge < -0.3 is 34.3 Å². The molecule has 2 aromatic heterocycles. The number of nitrogens with one attached hydrogen (secondary N) is 2. The normalized spacial score (nSPS) is 12.8. The molecule has 2 amide bonds. The Kier molecular flexibility index (Phi) is 13.7. The van der Waals surface area contributed by atoms with Crippen LogP contribution in [0.15, 0.2) is 42.7 Å². The maximum Gasteiger partial charge on any atom is 0.407 e. The van der Waals surface area contributed by atoms with E-state index in [1.165, 1.54) is 0 Å². The number of hydrogen-bond donors (Lipinski definition) is 2. The van der Waals surface area contributed by atoms with Crippen LogP contribution in [0.4, 0.5) is 4.79 Å². The smallest absolute Gasteiger partial charge is 0.407 e. The zero-order valence-electron chi connectivity index (χ0n) is 28.0. The van der Waals surface area contributed by atoms with Crippen molar-refractivity contribution in [3.8, 4) is 11.5 Å². The summed E-state index contributed by atoms with van der Waals surface area (Å²) < 4.78 is 20.7. The van der Waals surface area contributed by atoms with E-state index in [0.717, 1.165) is 51.5 Å². The molecule has 0 saturated carbocycles. The van der Waals surface area contributed by atoms with E-state index in [9.17, 15) is 9.59 Å². The number of carbonyl (C=O) groups excluding carboxylic acids is 2. The van der Waals surface area contributed by atoms with Crippen molar-refractivity contribution in [1.29, 1.82) is 0 Å². The molecule has 248 valence electrons. The molecule has 1 atom stereocenters. The summed E-state index contributed by atoms with van der Waals surface area (Å²) >= 11 is 2.31. The number of carbonyl (C=O) groups is 2. The molecule has 10 nitrogen and oxygen atoms in total. The number of fused-ring (bicyclic) bond motifs is 1. The topological polar surface area (TPSA) is 107 Å². The number of hydrogen-bond acceptors (Lipinski definition) is 7. The summed E-state index contributed by atoms with van der Waals surface area (Å²) in [6, 6.07) is 10.7. The fraction of sp³-hybridized carbons (Fsp3) is 0.545. The number of rotatable bonds is 16. The minimum absolute atomic E-state index is 0.104. The summed E-state index contributed by atoms with van der Waals surface area (Å²) in [7, 11) is 2.85. The van der Waals surface area contributed by atoms with Crippen LogP contribution in [0.25, 0.3) is 11.0 Å². The molecule has 2 heterocycles. The standard InChI is InChI=1S/C33H50IN5O5Si/c1-33(2,3)44-32(41)37-21-25(31(40)36-15-9-17-38(4)5)20-24-10-12-26(13-11-24)43-28-14-16-35-30-29(28)27(34)22-39(30)23-42-18-19-45(6,7)8/h10-14,16,22,25H,9,15,17-21,23H2,1-8H3,(H,36,40)(H,37,41). The van der Waals surface area contributed by atoms with E-state index >= 15 is 0 Å². The highest BCUT2D eigenvalue weighted by Gasteiger charge is 2.23. The zero-order valence-corrected chi connectivity index (χ0v) is 31.2. The van der Waals surface area contributed by atoms with Crippen molar-refractivity contribution >= 4 is 53.7 Å². The molecule has 3 aromatic rings. The van der Waals surface area contributed by atoms with Gasteiger partial charge in [-0.25, -0.2) is 9.78 Å². The summed E-state index contributed by atoms with van der Waals surface area (Å²) in [6.07, 6.45) is 4.54. The van der Waals surface area contributed by atoms with Gasteiger partial charge in [-0.2, -0.15) is 0 Å². The van der Waals surface area contributed by atoms with Gasteiger partial charge in [-0.05, 0) is 107 Å². The monoisotopic (exact) mass is 751 g/mol. The largest absolute Gasteiger partial charge is 0.457 e. The third kappa shape index (κ3) is 12.9. The molecule has 0 saturated heterocycles. The van der Waals surface area contributed by atoms with Crippen molar-refractivity contribution in [2.45, 2.75) is 71.6 Å². The highest BCUT2D eigenvalue weighted by Crippen LogP contribution is 2.33. The molecule has 1 aromatic carbocycles. The maximum atomic E-state index is 13.1. The number of amides is 2. The molecule has 1 unspecified atom stereocenters. The highest BCUT2D eigenvalue weighted by atomic mass is 127. The van der Waals surface area contributed by atoms with Crippen LogP contribution in [0.1, 0.15) is 32.8 Å². The van der Waals surface area contributed by atoms with E-state index in [1.807, 2.05) is 76.0 Å².